The molecule has 6 nitrogen and oxygen atoms in total. The highest BCUT2D eigenvalue weighted by Crippen LogP contribution is 2.51. The number of fused-ring (bicyclic) bond motifs is 5. The third kappa shape index (κ3) is 6.22. The van der Waals surface area contributed by atoms with E-state index in [1.165, 1.54) is 10.1 Å². The van der Waals surface area contributed by atoms with Crippen LogP contribution in [0.3, 0.4) is 0 Å². The summed E-state index contributed by atoms with van der Waals surface area (Å²) in [6.07, 6.45) is 0. The third-order valence-electron chi connectivity index (χ3n) is 11.6. The van der Waals surface area contributed by atoms with Crippen molar-refractivity contribution in [2.75, 3.05) is 16.5 Å². The standard InChI is InChI=1S/C55H45N5O/c1-55(2,3)39-32-45(37-18-7-5-8-19-37)53(46(33-39)38-20-9-6-10-21-38)59-36-58(50-28-15-16-29-51(50)59)40-22-17-23-41(34-40)61-42-30-31-44-43-24-11-13-26-48(43)60(52(44)35-42)54-56-47-25-12-14-27-49(47)57(54)4/h5-35H,36H2,1-4H3/i4D3,11D,13D,17D,24D,26D. The summed E-state index contributed by atoms with van der Waals surface area (Å²) in [6.45, 7) is 4.44. The van der Waals surface area contributed by atoms with Crippen molar-refractivity contribution in [1.82, 2.24) is 14.1 Å². The van der Waals surface area contributed by atoms with Crippen LogP contribution >= 0.6 is 0 Å². The van der Waals surface area contributed by atoms with E-state index in [0.29, 0.717) is 40.1 Å². The van der Waals surface area contributed by atoms with Crippen molar-refractivity contribution >= 4 is 55.6 Å². The number of anilines is 4. The maximum absolute atomic E-state index is 9.09. The minimum atomic E-state index is -2.70. The van der Waals surface area contributed by atoms with Crippen molar-refractivity contribution in [2.45, 2.75) is 26.2 Å². The molecule has 11 rings (SSSR count). The summed E-state index contributed by atoms with van der Waals surface area (Å²) >= 11 is 0. The molecule has 0 saturated heterocycles. The van der Waals surface area contributed by atoms with Gasteiger partial charge in [0.1, 0.15) is 18.2 Å². The average molecular weight is 800 g/mol. The fourth-order valence-electron chi connectivity index (χ4n) is 8.58. The Morgan fingerprint density at radius 3 is 1.97 bits per heavy atom. The predicted molar refractivity (Wildman–Crippen MR) is 253 cm³/mol. The molecule has 0 bridgehead atoms. The van der Waals surface area contributed by atoms with Gasteiger partial charge in [0.05, 0.1) is 46.0 Å². The maximum atomic E-state index is 9.09. The van der Waals surface area contributed by atoms with Crippen LogP contribution in [0.15, 0.2) is 188 Å². The SMILES string of the molecule is [2H]c1cc(Oc2ccc3c4c([2H])c([2H])c([2H])c([2H])c4n(-c4nc5ccccc5n4C([2H])([2H])[2H])c3c2)cc(N2CN(c3c(-c4ccccc4)cc(C(C)(C)C)cc3-c3ccccc3)c3ccccc32)c1. The molecule has 3 heterocycles. The van der Waals surface area contributed by atoms with Gasteiger partial charge in [0.15, 0.2) is 0 Å². The summed E-state index contributed by atoms with van der Waals surface area (Å²) in [6, 6.07) is 50.0. The Morgan fingerprint density at radius 1 is 0.590 bits per heavy atom. The molecule has 0 spiro atoms. The van der Waals surface area contributed by atoms with E-state index in [4.69, 9.17) is 20.7 Å². The van der Waals surface area contributed by atoms with E-state index in [1.54, 1.807) is 48.5 Å². The first-order chi connectivity index (χ1) is 33.1. The van der Waals surface area contributed by atoms with Gasteiger partial charge >= 0.3 is 0 Å². The zero-order valence-corrected chi connectivity index (χ0v) is 33.9. The van der Waals surface area contributed by atoms with Crippen LogP contribution in [0.5, 0.6) is 11.5 Å². The second kappa shape index (κ2) is 14.3. The molecule has 0 unspecified atom stereocenters. The van der Waals surface area contributed by atoms with Gasteiger partial charge in [-0.2, -0.15) is 0 Å². The largest absolute Gasteiger partial charge is 0.457 e. The van der Waals surface area contributed by atoms with Gasteiger partial charge in [-0.15, -0.1) is 0 Å². The molecule has 0 aliphatic carbocycles. The molecule has 0 fully saturated rings. The summed E-state index contributed by atoms with van der Waals surface area (Å²) in [5, 5.41) is 0.677. The number of aromatic nitrogens is 3. The number of imidazole rings is 1. The van der Waals surface area contributed by atoms with Crippen molar-refractivity contribution in [3.05, 3.63) is 194 Å². The van der Waals surface area contributed by atoms with Gasteiger partial charge in [0, 0.05) is 50.8 Å². The molecule has 0 amide bonds. The highest BCUT2D eigenvalue weighted by Gasteiger charge is 2.32. The molecule has 2 aromatic heterocycles. The minimum Gasteiger partial charge on any atom is -0.457 e. The lowest BCUT2D eigenvalue weighted by molar-refractivity contribution is 0.483. The number of benzene rings is 8. The van der Waals surface area contributed by atoms with Crippen LogP contribution < -0.4 is 14.5 Å². The van der Waals surface area contributed by atoms with Crippen LogP contribution in [-0.4, -0.2) is 20.8 Å². The number of aryl methyl sites for hydroxylation is 1. The molecule has 6 heteroatoms. The van der Waals surface area contributed by atoms with Crippen molar-refractivity contribution in [3.8, 4) is 39.7 Å². The highest BCUT2D eigenvalue weighted by molar-refractivity contribution is 6.09. The molecule has 1 aliphatic rings. The van der Waals surface area contributed by atoms with E-state index in [-0.39, 0.29) is 40.4 Å². The van der Waals surface area contributed by atoms with Crippen LogP contribution in [0.1, 0.15) is 37.3 Å². The molecule has 61 heavy (non-hydrogen) atoms. The molecular weight excluding hydrogens is 747 g/mol. The number of nitrogens with zero attached hydrogens (tertiary/aromatic N) is 5. The fraction of sp³-hybridized carbons (Fsp3) is 0.109. The molecule has 0 atom stereocenters. The fourth-order valence-corrected chi connectivity index (χ4v) is 8.58. The number of rotatable bonds is 7. The van der Waals surface area contributed by atoms with Crippen LogP contribution in [0, 0.1) is 0 Å². The summed E-state index contributed by atoms with van der Waals surface area (Å²) in [5.74, 6) is 0.668. The molecule has 1 aliphatic heterocycles. The molecule has 0 saturated carbocycles. The minimum absolute atomic E-state index is 0.0371. The van der Waals surface area contributed by atoms with Crippen LogP contribution in [0.25, 0.3) is 61.0 Å². The molecule has 0 radical (unpaired) electrons. The summed E-state index contributed by atoms with van der Waals surface area (Å²) < 4.78 is 79.4. The van der Waals surface area contributed by atoms with Crippen molar-refractivity contribution in [2.24, 2.45) is 6.98 Å². The van der Waals surface area contributed by atoms with Gasteiger partial charge in [-0.1, -0.05) is 130 Å². The van der Waals surface area contributed by atoms with Gasteiger partial charge in [-0.05, 0) is 88.8 Å². The van der Waals surface area contributed by atoms with E-state index in [0.717, 1.165) is 49.6 Å². The summed E-state index contributed by atoms with van der Waals surface area (Å²) in [4.78, 5) is 9.31. The smallest absolute Gasteiger partial charge is 0.215 e. The third-order valence-corrected chi connectivity index (χ3v) is 11.6. The lowest BCUT2D eigenvalue weighted by atomic mass is 9.82. The first kappa shape index (κ1) is 28.8. The quantitative estimate of drug-likeness (QED) is 0.161. The number of hydrogen-bond donors (Lipinski definition) is 0. The van der Waals surface area contributed by atoms with E-state index in [9.17, 15) is 0 Å². The number of ether oxygens (including phenoxy) is 1. The van der Waals surface area contributed by atoms with Crippen molar-refractivity contribution in [1.29, 1.82) is 0 Å². The van der Waals surface area contributed by atoms with Crippen LogP contribution in [0.2, 0.25) is 0 Å². The Hall–Kier alpha value is -7.57. The predicted octanol–water partition coefficient (Wildman–Crippen LogP) is 14.3. The molecule has 296 valence electrons. The second-order valence-corrected chi connectivity index (χ2v) is 16.4. The second-order valence-electron chi connectivity index (χ2n) is 16.4. The normalized spacial score (nSPS) is 14.9. The maximum Gasteiger partial charge on any atom is 0.215 e. The topological polar surface area (TPSA) is 38.5 Å². The van der Waals surface area contributed by atoms with Gasteiger partial charge in [0.25, 0.3) is 0 Å². The van der Waals surface area contributed by atoms with E-state index in [1.807, 2.05) is 36.4 Å². The zero-order valence-electron chi connectivity index (χ0n) is 41.9. The van der Waals surface area contributed by atoms with E-state index < -0.39 is 19.1 Å². The van der Waals surface area contributed by atoms with Crippen LogP contribution in [-0.2, 0) is 12.4 Å². The molecule has 0 N–H and O–H groups in total. The average Bonchev–Trinajstić information content (AvgIpc) is 4.02. The van der Waals surface area contributed by atoms with E-state index >= 15 is 0 Å². The number of hydrogen-bond acceptors (Lipinski definition) is 4. The van der Waals surface area contributed by atoms with Gasteiger partial charge in [-0.25, -0.2) is 4.98 Å². The van der Waals surface area contributed by atoms with Crippen LogP contribution in [0.4, 0.5) is 22.7 Å². The lowest BCUT2D eigenvalue weighted by Gasteiger charge is -2.30. The Labute approximate surface area is 367 Å². The number of para-hydroxylation sites is 5. The van der Waals surface area contributed by atoms with Gasteiger partial charge in [-0.3, -0.25) is 4.57 Å². The van der Waals surface area contributed by atoms with E-state index in [2.05, 4.69) is 103 Å². The van der Waals surface area contributed by atoms with Gasteiger partial charge in [0.2, 0.25) is 5.95 Å². The monoisotopic (exact) mass is 799 g/mol. The Bertz CT molecular complexity index is 3610. The summed E-state index contributed by atoms with van der Waals surface area (Å²) in [7, 11) is 0. The first-order valence-electron chi connectivity index (χ1n) is 24.3. The molecule has 8 aromatic carbocycles. The Kier molecular flexibility index (Phi) is 6.75. The first-order valence-corrected chi connectivity index (χ1v) is 20.3. The zero-order chi connectivity index (χ0) is 48.1. The van der Waals surface area contributed by atoms with Crippen molar-refractivity contribution < 1.29 is 15.7 Å². The van der Waals surface area contributed by atoms with Crippen molar-refractivity contribution in [3.63, 3.8) is 0 Å². The Balaban J connectivity index is 1.05. The highest BCUT2D eigenvalue weighted by atomic mass is 16.5. The summed E-state index contributed by atoms with van der Waals surface area (Å²) in [5.41, 5.74) is 10.4. The van der Waals surface area contributed by atoms with Gasteiger partial charge < -0.3 is 19.1 Å². The Morgan fingerprint density at radius 2 is 1.25 bits per heavy atom. The molecular formula is C55H45N5O. The lowest BCUT2D eigenvalue weighted by Crippen LogP contribution is -2.25. The molecule has 10 aromatic rings.